The molecular weight excluding hydrogens is 350 g/mol. The summed E-state index contributed by atoms with van der Waals surface area (Å²) in [5.41, 5.74) is 0. The van der Waals surface area contributed by atoms with Gasteiger partial charge in [-0.25, -0.2) is 0 Å². The molecule has 0 amide bonds. The van der Waals surface area contributed by atoms with Gasteiger partial charge in [-0.3, -0.25) is 9.59 Å². The second-order valence-corrected chi connectivity index (χ2v) is 7.45. The maximum absolute atomic E-state index is 11.9. The van der Waals surface area contributed by atoms with Crippen molar-refractivity contribution >= 4 is 11.9 Å². The minimum Gasteiger partial charge on any atom is -0.458 e. The van der Waals surface area contributed by atoms with Crippen molar-refractivity contribution in [3.8, 4) is 12.3 Å². The first-order valence-electron chi connectivity index (χ1n) is 9.69. The van der Waals surface area contributed by atoms with E-state index in [0.717, 1.165) is 6.54 Å². The molecule has 7 nitrogen and oxygen atoms in total. The van der Waals surface area contributed by atoms with Crippen LogP contribution in [-0.2, 0) is 28.5 Å². The molecule has 1 rings (SSSR count). The summed E-state index contributed by atoms with van der Waals surface area (Å²) in [5.74, 6) is 2.04. The van der Waals surface area contributed by atoms with Crippen LogP contribution in [-0.4, -0.2) is 75.3 Å². The summed E-state index contributed by atoms with van der Waals surface area (Å²) in [6, 6.07) is 0. The number of carbonyl (C=O) groups is 2. The zero-order valence-corrected chi connectivity index (χ0v) is 17.1. The van der Waals surface area contributed by atoms with Crippen LogP contribution in [0.15, 0.2) is 0 Å². The van der Waals surface area contributed by atoms with Crippen molar-refractivity contribution in [3.63, 3.8) is 0 Å². The molecule has 1 fully saturated rings. The number of hydrogen-bond donors (Lipinski definition) is 0. The number of nitrogens with zero attached hydrogens (tertiary/aromatic N) is 1. The summed E-state index contributed by atoms with van der Waals surface area (Å²) in [4.78, 5) is 23.8. The average Bonchev–Trinajstić information content (AvgIpc) is 2.57. The van der Waals surface area contributed by atoms with Crippen molar-refractivity contribution < 1.29 is 33.0 Å². The highest BCUT2D eigenvalue weighted by Gasteiger charge is 2.37. The summed E-state index contributed by atoms with van der Waals surface area (Å²) in [5, 5.41) is 0. The minimum absolute atomic E-state index is 0.146. The Balaban J connectivity index is 2.59. The molecule has 1 heterocycles. The molecule has 0 saturated carbocycles. The Kier molecular flexibility index (Phi) is 10.4. The van der Waals surface area contributed by atoms with Gasteiger partial charge in [0.1, 0.15) is 19.2 Å². The molecule has 0 radical (unpaired) electrons. The second kappa shape index (κ2) is 12.0. The Morgan fingerprint density at radius 1 is 1.11 bits per heavy atom. The highest BCUT2D eigenvalue weighted by molar-refractivity contribution is 5.70. The summed E-state index contributed by atoms with van der Waals surface area (Å²) in [6.45, 7) is 5.77. The molecule has 3 unspecified atom stereocenters. The number of ether oxygens (including phenoxy) is 4. The molecule has 1 aliphatic heterocycles. The quantitative estimate of drug-likeness (QED) is 0.308. The standard InChI is InChI=1S/C20H34NO6/c1-6-9-18(22)26-16-14-20(24-13-12-21(4,5)11-8-3)25-15-17(16)27-19(23)10-7-2/h3,16-17,20H,6-7,9-15H2,1-2,4-5H3/q+1. The van der Waals surface area contributed by atoms with Crippen LogP contribution in [0.3, 0.4) is 0 Å². The average molecular weight is 384 g/mol. The Bertz CT molecular complexity index is 513. The zero-order chi connectivity index (χ0) is 20.3. The lowest BCUT2D eigenvalue weighted by atomic mass is 10.1. The first-order valence-corrected chi connectivity index (χ1v) is 9.69. The SMILES string of the molecule is C#CC[N+](C)(C)CCOC1CC(OC(=O)CCC)C(OC(=O)CCC)CO1. The topological polar surface area (TPSA) is 71.1 Å². The van der Waals surface area contributed by atoms with Crippen molar-refractivity contribution in [2.24, 2.45) is 0 Å². The van der Waals surface area contributed by atoms with Gasteiger partial charge in [0.05, 0.1) is 27.3 Å². The molecule has 0 spiro atoms. The molecule has 1 aliphatic rings. The van der Waals surface area contributed by atoms with Gasteiger partial charge in [-0.1, -0.05) is 13.8 Å². The number of quaternary nitrogens is 1. The molecule has 27 heavy (non-hydrogen) atoms. The van der Waals surface area contributed by atoms with Crippen LogP contribution in [0.25, 0.3) is 0 Å². The fourth-order valence-electron chi connectivity index (χ4n) is 2.69. The first-order chi connectivity index (χ1) is 12.8. The Labute approximate surface area is 162 Å². The van der Waals surface area contributed by atoms with Crippen molar-refractivity contribution in [2.45, 2.75) is 64.4 Å². The van der Waals surface area contributed by atoms with E-state index in [1.54, 1.807) is 0 Å². The fraction of sp³-hybridized carbons (Fsp3) is 0.800. The van der Waals surface area contributed by atoms with Gasteiger partial charge >= 0.3 is 11.9 Å². The highest BCUT2D eigenvalue weighted by atomic mass is 16.7. The number of hydrogen-bond acceptors (Lipinski definition) is 6. The van der Waals surface area contributed by atoms with Gasteiger partial charge in [0.25, 0.3) is 0 Å². The van der Waals surface area contributed by atoms with Crippen LogP contribution < -0.4 is 0 Å². The van der Waals surface area contributed by atoms with Crippen LogP contribution in [0, 0.1) is 12.3 Å². The third-order valence-electron chi connectivity index (χ3n) is 4.28. The fourth-order valence-corrected chi connectivity index (χ4v) is 2.69. The summed E-state index contributed by atoms with van der Waals surface area (Å²) in [6.07, 6.45) is 6.10. The molecule has 154 valence electrons. The lowest BCUT2D eigenvalue weighted by Crippen LogP contribution is -2.48. The van der Waals surface area contributed by atoms with E-state index in [2.05, 4.69) is 5.92 Å². The minimum atomic E-state index is -0.599. The van der Waals surface area contributed by atoms with Crippen molar-refractivity contribution in [3.05, 3.63) is 0 Å². The Morgan fingerprint density at radius 2 is 1.70 bits per heavy atom. The van der Waals surface area contributed by atoms with Crippen LogP contribution in [0.5, 0.6) is 0 Å². The molecule has 0 aromatic carbocycles. The predicted octanol–water partition coefficient (Wildman–Crippen LogP) is 1.88. The van der Waals surface area contributed by atoms with E-state index in [9.17, 15) is 9.59 Å². The van der Waals surface area contributed by atoms with Crippen LogP contribution >= 0.6 is 0 Å². The largest absolute Gasteiger partial charge is 0.458 e. The van der Waals surface area contributed by atoms with Gasteiger partial charge in [-0.15, -0.1) is 6.42 Å². The van der Waals surface area contributed by atoms with E-state index < -0.39 is 18.5 Å². The Hall–Kier alpha value is -1.62. The van der Waals surface area contributed by atoms with E-state index in [4.69, 9.17) is 25.4 Å². The number of esters is 2. The van der Waals surface area contributed by atoms with Crippen molar-refractivity contribution in [1.82, 2.24) is 0 Å². The number of carbonyl (C=O) groups excluding carboxylic acids is 2. The van der Waals surface area contributed by atoms with Crippen LogP contribution in [0.4, 0.5) is 0 Å². The Morgan fingerprint density at radius 3 is 2.26 bits per heavy atom. The third-order valence-corrected chi connectivity index (χ3v) is 4.28. The normalized spacial score (nSPS) is 22.7. The molecule has 7 heteroatoms. The third kappa shape index (κ3) is 9.23. The molecule has 0 aliphatic carbocycles. The molecular formula is C20H34NO6+. The highest BCUT2D eigenvalue weighted by Crippen LogP contribution is 2.22. The number of rotatable bonds is 11. The van der Waals surface area contributed by atoms with E-state index in [1.165, 1.54) is 0 Å². The molecule has 0 bridgehead atoms. The number of likely N-dealkylation sites (N-methyl/N-ethyl adjacent to an activating group) is 1. The molecule has 1 saturated heterocycles. The smallest absolute Gasteiger partial charge is 0.306 e. The first kappa shape index (κ1) is 23.4. The van der Waals surface area contributed by atoms with Gasteiger partial charge in [0.2, 0.25) is 0 Å². The molecule has 0 N–H and O–H groups in total. The van der Waals surface area contributed by atoms with Gasteiger partial charge in [-0.2, -0.15) is 0 Å². The molecule has 0 aromatic heterocycles. The number of terminal acetylenes is 1. The summed E-state index contributed by atoms with van der Waals surface area (Å²) >= 11 is 0. The van der Waals surface area contributed by atoms with Crippen LogP contribution in [0.1, 0.15) is 46.0 Å². The van der Waals surface area contributed by atoms with E-state index >= 15 is 0 Å². The van der Waals surface area contributed by atoms with Crippen molar-refractivity contribution in [1.29, 1.82) is 0 Å². The lowest BCUT2D eigenvalue weighted by molar-refractivity contribution is -0.883. The van der Waals surface area contributed by atoms with Gasteiger partial charge in [0.15, 0.2) is 12.4 Å². The van der Waals surface area contributed by atoms with E-state index in [-0.39, 0.29) is 18.5 Å². The maximum atomic E-state index is 11.9. The van der Waals surface area contributed by atoms with Gasteiger partial charge in [-0.05, 0) is 18.8 Å². The van der Waals surface area contributed by atoms with E-state index in [1.807, 2.05) is 27.9 Å². The molecule has 3 atom stereocenters. The predicted molar refractivity (Wildman–Crippen MR) is 101 cm³/mol. The van der Waals surface area contributed by atoms with Crippen molar-refractivity contribution in [2.75, 3.05) is 40.4 Å². The maximum Gasteiger partial charge on any atom is 0.306 e. The van der Waals surface area contributed by atoms with E-state index in [0.29, 0.717) is 49.7 Å². The molecule has 0 aromatic rings. The zero-order valence-electron chi connectivity index (χ0n) is 17.1. The second-order valence-electron chi connectivity index (χ2n) is 7.45. The monoisotopic (exact) mass is 384 g/mol. The van der Waals surface area contributed by atoms with Gasteiger partial charge in [0, 0.05) is 19.3 Å². The lowest BCUT2D eigenvalue weighted by Gasteiger charge is -2.35. The van der Waals surface area contributed by atoms with Crippen LogP contribution in [0.2, 0.25) is 0 Å². The summed E-state index contributed by atoms with van der Waals surface area (Å²) in [7, 11) is 4.06. The van der Waals surface area contributed by atoms with Gasteiger partial charge < -0.3 is 23.4 Å². The summed E-state index contributed by atoms with van der Waals surface area (Å²) < 4.78 is 23.1.